The lowest BCUT2D eigenvalue weighted by atomic mass is 9.84. The molecule has 4 heterocycles. The molecule has 34 heavy (non-hydrogen) atoms. The van der Waals surface area contributed by atoms with Crippen molar-refractivity contribution < 1.29 is 9.15 Å². The van der Waals surface area contributed by atoms with Gasteiger partial charge in [-0.25, -0.2) is 19.3 Å². The topological polar surface area (TPSA) is 82.5 Å². The van der Waals surface area contributed by atoms with E-state index in [0.717, 1.165) is 15.8 Å². The highest BCUT2D eigenvalue weighted by molar-refractivity contribution is 7.98. The molecule has 1 aliphatic rings. The maximum absolute atomic E-state index is 13.4. The molecule has 1 aliphatic heterocycles. The van der Waals surface area contributed by atoms with Crippen molar-refractivity contribution in [1.82, 2.24) is 19.6 Å². The van der Waals surface area contributed by atoms with E-state index in [9.17, 15) is 4.79 Å². The van der Waals surface area contributed by atoms with Gasteiger partial charge in [0.05, 0.1) is 22.4 Å². The molecule has 7 nitrogen and oxygen atoms in total. The molecule has 2 aromatic carbocycles. The number of para-hydroxylation sites is 1. The average Bonchev–Trinajstić information content (AvgIpc) is 3.28. The molecule has 0 saturated carbocycles. The molecule has 1 unspecified atom stereocenters. The number of aromatic nitrogens is 4. The van der Waals surface area contributed by atoms with Crippen LogP contribution in [0.5, 0.6) is 11.6 Å². The summed E-state index contributed by atoms with van der Waals surface area (Å²) >= 11 is 1.67. The van der Waals surface area contributed by atoms with Crippen LogP contribution >= 0.6 is 11.8 Å². The fraction of sp³-hybridized carbons (Fsp3) is 0.231. The Morgan fingerprint density at radius 2 is 1.79 bits per heavy atom. The molecule has 0 fully saturated rings. The summed E-state index contributed by atoms with van der Waals surface area (Å²) in [5.74, 6) is 1.12. The van der Waals surface area contributed by atoms with Gasteiger partial charge in [0.15, 0.2) is 17.2 Å². The Morgan fingerprint density at radius 1 is 1.03 bits per heavy atom. The van der Waals surface area contributed by atoms with Crippen molar-refractivity contribution in [2.24, 2.45) is 0 Å². The van der Waals surface area contributed by atoms with E-state index in [0.29, 0.717) is 39.8 Å². The zero-order chi connectivity index (χ0) is 23.6. The highest BCUT2D eigenvalue weighted by Crippen LogP contribution is 2.48. The third-order valence-electron chi connectivity index (χ3n) is 6.08. The number of hydrogen-bond acceptors (Lipinski definition) is 7. The van der Waals surface area contributed by atoms with Gasteiger partial charge < -0.3 is 9.15 Å². The van der Waals surface area contributed by atoms with E-state index in [1.165, 1.54) is 0 Å². The van der Waals surface area contributed by atoms with Gasteiger partial charge in [-0.3, -0.25) is 0 Å². The van der Waals surface area contributed by atoms with Crippen LogP contribution in [0.4, 0.5) is 0 Å². The van der Waals surface area contributed by atoms with Gasteiger partial charge >= 0.3 is 5.63 Å². The number of fused-ring (bicyclic) bond motifs is 6. The van der Waals surface area contributed by atoms with Gasteiger partial charge in [0, 0.05) is 10.3 Å². The fourth-order valence-corrected chi connectivity index (χ4v) is 4.79. The van der Waals surface area contributed by atoms with Crippen LogP contribution in [0.15, 0.2) is 69.0 Å². The molecule has 5 aromatic rings. The van der Waals surface area contributed by atoms with Crippen molar-refractivity contribution in [1.29, 1.82) is 0 Å². The third kappa shape index (κ3) is 3.13. The van der Waals surface area contributed by atoms with E-state index in [1.54, 1.807) is 28.7 Å². The Labute approximate surface area is 199 Å². The highest BCUT2D eigenvalue weighted by atomic mass is 32.2. The minimum Gasteiger partial charge on any atom is -0.437 e. The van der Waals surface area contributed by atoms with Crippen LogP contribution in [0.3, 0.4) is 0 Å². The molecular formula is C26H22N4O3S. The summed E-state index contributed by atoms with van der Waals surface area (Å²) in [6.07, 6.45) is 3.65. The molecule has 6 rings (SSSR count). The molecule has 0 saturated heterocycles. The number of thioether (sulfide) groups is 1. The Hall–Kier alpha value is -3.65. The largest absolute Gasteiger partial charge is 0.437 e. The van der Waals surface area contributed by atoms with Crippen LogP contribution in [0.2, 0.25) is 0 Å². The summed E-state index contributed by atoms with van der Waals surface area (Å²) in [5, 5.41) is 5.39. The van der Waals surface area contributed by atoms with Crippen LogP contribution in [0, 0.1) is 0 Å². The van der Waals surface area contributed by atoms with Crippen LogP contribution in [-0.2, 0) is 5.41 Å². The van der Waals surface area contributed by atoms with E-state index >= 15 is 0 Å². The van der Waals surface area contributed by atoms with Gasteiger partial charge in [0.1, 0.15) is 11.9 Å². The molecule has 0 radical (unpaired) electrons. The van der Waals surface area contributed by atoms with Crippen molar-refractivity contribution in [2.75, 3.05) is 6.26 Å². The highest BCUT2D eigenvalue weighted by Gasteiger charge is 2.38. The number of nitrogens with zero attached hydrogens (tertiary/aromatic N) is 4. The first-order valence-electron chi connectivity index (χ1n) is 11.0. The fourth-order valence-electron chi connectivity index (χ4n) is 4.38. The Bertz CT molecular complexity index is 1630. The quantitative estimate of drug-likeness (QED) is 0.243. The van der Waals surface area contributed by atoms with Crippen molar-refractivity contribution in [2.45, 2.75) is 37.0 Å². The second-order valence-corrected chi connectivity index (χ2v) is 10.2. The van der Waals surface area contributed by atoms with Crippen molar-refractivity contribution >= 4 is 28.4 Å². The zero-order valence-corrected chi connectivity index (χ0v) is 20.0. The van der Waals surface area contributed by atoms with E-state index in [1.807, 2.05) is 36.6 Å². The van der Waals surface area contributed by atoms with Gasteiger partial charge in [0.25, 0.3) is 0 Å². The second-order valence-electron chi connectivity index (χ2n) is 9.35. The first-order valence-corrected chi connectivity index (χ1v) is 12.2. The summed E-state index contributed by atoms with van der Waals surface area (Å²) in [6, 6.07) is 15.6. The molecule has 0 aliphatic carbocycles. The third-order valence-corrected chi connectivity index (χ3v) is 6.83. The molecular weight excluding hydrogens is 448 g/mol. The molecule has 170 valence electrons. The Morgan fingerprint density at radius 3 is 2.53 bits per heavy atom. The van der Waals surface area contributed by atoms with Crippen LogP contribution in [0.1, 0.15) is 49.2 Å². The van der Waals surface area contributed by atoms with Crippen molar-refractivity contribution in [3.8, 4) is 11.6 Å². The maximum Gasteiger partial charge on any atom is 0.344 e. The number of hydrogen-bond donors (Lipinski definition) is 0. The smallest absolute Gasteiger partial charge is 0.344 e. The number of ether oxygens (including phenoxy) is 1. The van der Waals surface area contributed by atoms with Crippen LogP contribution in [0.25, 0.3) is 16.6 Å². The normalized spacial score (nSPS) is 15.2. The summed E-state index contributed by atoms with van der Waals surface area (Å²) < 4.78 is 13.7. The minimum atomic E-state index is -0.469. The zero-order valence-electron chi connectivity index (χ0n) is 19.2. The lowest BCUT2D eigenvalue weighted by Crippen LogP contribution is -2.22. The van der Waals surface area contributed by atoms with Gasteiger partial charge in [-0.05, 0) is 36.1 Å². The van der Waals surface area contributed by atoms with Crippen molar-refractivity contribution in [3.05, 3.63) is 87.8 Å². The Balaban J connectivity index is 1.70. The molecule has 0 bridgehead atoms. The van der Waals surface area contributed by atoms with E-state index in [4.69, 9.17) is 14.1 Å². The molecule has 0 amide bonds. The molecule has 8 heteroatoms. The predicted molar refractivity (Wildman–Crippen MR) is 131 cm³/mol. The van der Waals surface area contributed by atoms with E-state index in [-0.39, 0.29) is 5.41 Å². The molecule has 3 aromatic heterocycles. The maximum atomic E-state index is 13.4. The SMILES string of the molecule is CSc1ccc(C2c3c(c4ccccc4oc3=O)Oc3ncn4nc(C(C)(C)C)nc4c32)cc1. The summed E-state index contributed by atoms with van der Waals surface area (Å²) in [7, 11) is 0. The average molecular weight is 471 g/mol. The summed E-state index contributed by atoms with van der Waals surface area (Å²) in [4.78, 5) is 24.0. The summed E-state index contributed by atoms with van der Waals surface area (Å²) in [6.45, 7) is 6.19. The van der Waals surface area contributed by atoms with Crippen molar-refractivity contribution in [3.63, 3.8) is 0 Å². The second kappa shape index (κ2) is 7.43. The molecule has 1 atom stereocenters. The van der Waals surface area contributed by atoms with Gasteiger partial charge in [-0.2, -0.15) is 0 Å². The van der Waals surface area contributed by atoms with E-state index < -0.39 is 11.5 Å². The first-order chi connectivity index (χ1) is 16.3. The molecule has 0 spiro atoms. The lowest BCUT2D eigenvalue weighted by molar-refractivity contribution is 0.422. The van der Waals surface area contributed by atoms with Crippen LogP contribution < -0.4 is 10.4 Å². The van der Waals surface area contributed by atoms with Gasteiger partial charge in [-0.15, -0.1) is 16.9 Å². The summed E-state index contributed by atoms with van der Waals surface area (Å²) in [5.41, 5.74) is 2.49. The van der Waals surface area contributed by atoms with Gasteiger partial charge in [0.2, 0.25) is 5.88 Å². The van der Waals surface area contributed by atoms with Crippen LogP contribution in [-0.4, -0.2) is 25.8 Å². The first kappa shape index (κ1) is 20.9. The Kier molecular flexibility index (Phi) is 4.57. The lowest BCUT2D eigenvalue weighted by Gasteiger charge is -2.27. The number of benzene rings is 2. The minimum absolute atomic E-state index is 0.253. The standard InChI is InChI=1S/C26H22N4O3S/c1-26(2,3)25-28-22-20-18(14-9-11-15(34-4)12-10-14)19-21(33-23(20)27-13-30(22)29-25)16-7-5-6-8-17(16)32-24(19)31/h5-13,18H,1-4H3. The van der Waals surface area contributed by atoms with Gasteiger partial charge in [-0.1, -0.05) is 45.0 Å². The molecule has 0 N–H and O–H groups in total. The van der Waals surface area contributed by atoms with E-state index in [2.05, 4.69) is 43.0 Å². The monoisotopic (exact) mass is 470 g/mol. The number of rotatable bonds is 2. The predicted octanol–water partition coefficient (Wildman–Crippen LogP) is 5.54.